The summed E-state index contributed by atoms with van der Waals surface area (Å²) >= 11 is 1.62. The first-order chi connectivity index (χ1) is 11.1. The topological polar surface area (TPSA) is 50.3 Å². The standard InChI is InChI=1S/C17H20N2O2S2/c20-23(21,16-7-6-13-3-1-4-14(13)11-16)19-9-2-5-15(12-19)17-18-8-10-22-17/h6-8,10-11,15H,1-5,9,12H2. The van der Waals surface area contributed by atoms with Gasteiger partial charge in [-0.1, -0.05) is 6.07 Å². The van der Waals surface area contributed by atoms with E-state index in [1.165, 1.54) is 11.1 Å². The molecule has 23 heavy (non-hydrogen) atoms. The highest BCUT2D eigenvalue weighted by Gasteiger charge is 2.32. The minimum atomic E-state index is -3.40. The van der Waals surface area contributed by atoms with Crippen molar-refractivity contribution in [2.75, 3.05) is 13.1 Å². The summed E-state index contributed by atoms with van der Waals surface area (Å²) in [6, 6.07) is 5.68. The number of piperidine rings is 1. The third kappa shape index (κ3) is 2.84. The molecular weight excluding hydrogens is 328 g/mol. The van der Waals surface area contributed by atoms with E-state index in [1.54, 1.807) is 27.9 Å². The molecule has 1 aromatic heterocycles. The van der Waals surface area contributed by atoms with Gasteiger partial charge in [-0.05, 0) is 55.4 Å². The number of aromatic nitrogens is 1. The molecule has 1 unspecified atom stereocenters. The molecule has 6 heteroatoms. The van der Waals surface area contributed by atoms with Crippen LogP contribution in [0.25, 0.3) is 0 Å². The lowest BCUT2D eigenvalue weighted by molar-refractivity contribution is 0.315. The van der Waals surface area contributed by atoms with E-state index in [4.69, 9.17) is 0 Å². The Morgan fingerprint density at radius 3 is 2.87 bits per heavy atom. The van der Waals surface area contributed by atoms with E-state index < -0.39 is 10.0 Å². The molecule has 1 fully saturated rings. The van der Waals surface area contributed by atoms with Crippen LogP contribution >= 0.6 is 11.3 Å². The summed E-state index contributed by atoms with van der Waals surface area (Å²) in [5.41, 5.74) is 2.52. The Morgan fingerprint density at radius 2 is 2.04 bits per heavy atom. The SMILES string of the molecule is O=S(=O)(c1ccc2c(c1)CCC2)N1CCCC(c2nccs2)C1. The number of rotatable bonds is 3. The maximum absolute atomic E-state index is 13.0. The van der Waals surface area contributed by atoms with Gasteiger partial charge in [0.05, 0.1) is 9.90 Å². The average Bonchev–Trinajstić information content (AvgIpc) is 3.25. The van der Waals surface area contributed by atoms with Gasteiger partial charge in [-0.25, -0.2) is 13.4 Å². The molecule has 2 aromatic rings. The van der Waals surface area contributed by atoms with Crippen molar-refractivity contribution in [3.8, 4) is 0 Å². The number of benzene rings is 1. The summed E-state index contributed by atoms with van der Waals surface area (Å²) in [4.78, 5) is 4.83. The van der Waals surface area contributed by atoms with Gasteiger partial charge in [0.25, 0.3) is 0 Å². The molecule has 122 valence electrons. The highest BCUT2D eigenvalue weighted by Crippen LogP contribution is 2.32. The minimum absolute atomic E-state index is 0.230. The first kappa shape index (κ1) is 15.3. The third-order valence-electron chi connectivity index (χ3n) is 4.89. The minimum Gasteiger partial charge on any atom is -0.249 e. The van der Waals surface area contributed by atoms with Crippen LogP contribution in [-0.2, 0) is 22.9 Å². The smallest absolute Gasteiger partial charge is 0.243 e. The van der Waals surface area contributed by atoms with Gasteiger partial charge >= 0.3 is 0 Å². The molecule has 1 aliphatic carbocycles. The summed E-state index contributed by atoms with van der Waals surface area (Å²) in [7, 11) is -3.40. The first-order valence-corrected chi connectivity index (χ1v) is 10.5. The second-order valence-corrected chi connectivity index (χ2v) is 9.22. The number of hydrogen-bond acceptors (Lipinski definition) is 4. The normalized spacial score (nSPS) is 22.2. The number of sulfonamides is 1. The van der Waals surface area contributed by atoms with Crippen LogP contribution in [0.2, 0.25) is 0 Å². The molecule has 4 nitrogen and oxygen atoms in total. The van der Waals surface area contributed by atoms with Gasteiger partial charge in [-0.2, -0.15) is 4.31 Å². The van der Waals surface area contributed by atoms with E-state index >= 15 is 0 Å². The predicted octanol–water partition coefficient (Wildman–Crippen LogP) is 3.20. The van der Waals surface area contributed by atoms with Crippen LogP contribution in [0, 0.1) is 0 Å². The van der Waals surface area contributed by atoms with Gasteiger partial charge in [0.1, 0.15) is 0 Å². The Labute approximate surface area is 141 Å². The van der Waals surface area contributed by atoms with Gasteiger partial charge in [0.2, 0.25) is 10.0 Å². The predicted molar refractivity (Wildman–Crippen MR) is 91.3 cm³/mol. The Hall–Kier alpha value is -1.24. The fraction of sp³-hybridized carbons (Fsp3) is 0.471. The molecule has 1 aromatic carbocycles. The van der Waals surface area contributed by atoms with Crippen LogP contribution in [0.4, 0.5) is 0 Å². The number of thiazole rings is 1. The molecule has 1 atom stereocenters. The van der Waals surface area contributed by atoms with Crippen LogP contribution in [0.5, 0.6) is 0 Å². The van der Waals surface area contributed by atoms with E-state index in [-0.39, 0.29) is 5.92 Å². The second kappa shape index (κ2) is 6.00. The van der Waals surface area contributed by atoms with Crippen LogP contribution < -0.4 is 0 Å². The molecule has 2 aliphatic rings. The quantitative estimate of drug-likeness (QED) is 0.856. The van der Waals surface area contributed by atoms with Gasteiger partial charge in [0.15, 0.2) is 0 Å². The van der Waals surface area contributed by atoms with E-state index in [0.717, 1.165) is 37.1 Å². The van der Waals surface area contributed by atoms with Crippen molar-refractivity contribution in [3.05, 3.63) is 45.9 Å². The molecule has 0 spiro atoms. The Bertz CT molecular complexity index is 800. The van der Waals surface area contributed by atoms with Crippen LogP contribution in [0.3, 0.4) is 0 Å². The number of fused-ring (bicyclic) bond motifs is 1. The molecule has 0 radical (unpaired) electrons. The summed E-state index contributed by atoms with van der Waals surface area (Å²) < 4.78 is 27.7. The highest BCUT2D eigenvalue weighted by molar-refractivity contribution is 7.89. The van der Waals surface area contributed by atoms with E-state index in [2.05, 4.69) is 4.98 Å². The van der Waals surface area contributed by atoms with Crippen LogP contribution in [0.15, 0.2) is 34.7 Å². The maximum Gasteiger partial charge on any atom is 0.243 e. The lowest BCUT2D eigenvalue weighted by Crippen LogP contribution is -2.39. The highest BCUT2D eigenvalue weighted by atomic mass is 32.2. The monoisotopic (exact) mass is 348 g/mol. The van der Waals surface area contributed by atoms with Crippen LogP contribution in [0.1, 0.15) is 41.3 Å². The van der Waals surface area contributed by atoms with Crippen LogP contribution in [-0.4, -0.2) is 30.8 Å². The Kier molecular flexibility index (Phi) is 3.99. The van der Waals surface area contributed by atoms with Crippen molar-refractivity contribution < 1.29 is 8.42 Å². The lowest BCUT2D eigenvalue weighted by atomic mass is 10.0. The second-order valence-electron chi connectivity index (χ2n) is 6.36. The molecular formula is C17H20N2O2S2. The largest absolute Gasteiger partial charge is 0.249 e. The van der Waals surface area contributed by atoms with Gasteiger partial charge < -0.3 is 0 Å². The van der Waals surface area contributed by atoms with Crippen molar-refractivity contribution in [3.63, 3.8) is 0 Å². The van der Waals surface area contributed by atoms with Gasteiger partial charge in [0, 0.05) is 30.6 Å². The Morgan fingerprint density at radius 1 is 1.17 bits per heavy atom. The number of hydrogen-bond donors (Lipinski definition) is 0. The van der Waals surface area contributed by atoms with Crippen molar-refractivity contribution in [2.45, 2.75) is 42.9 Å². The summed E-state index contributed by atoms with van der Waals surface area (Å²) in [5, 5.41) is 3.02. The zero-order valence-electron chi connectivity index (χ0n) is 12.9. The zero-order chi connectivity index (χ0) is 15.9. The fourth-order valence-electron chi connectivity index (χ4n) is 3.66. The molecule has 0 amide bonds. The molecule has 0 saturated carbocycles. The number of nitrogens with zero attached hydrogens (tertiary/aromatic N) is 2. The third-order valence-corrected chi connectivity index (χ3v) is 7.69. The zero-order valence-corrected chi connectivity index (χ0v) is 14.6. The summed E-state index contributed by atoms with van der Waals surface area (Å²) in [6.45, 7) is 1.16. The summed E-state index contributed by atoms with van der Waals surface area (Å²) in [6.07, 6.45) is 6.92. The van der Waals surface area contributed by atoms with E-state index in [9.17, 15) is 8.42 Å². The lowest BCUT2D eigenvalue weighted by Gasteiger charge is -2.31. The molecule has 2 heterocycles. The molecule has 4 rings (SSSR count). The fourth-order valence-corrected chi connectivity index (χ4v) is 6.00. The molecule has 1 aliphatic heterocycles. The summed E-state index contributed by atoms with van der Waals surface area (Å²) in [5.74, 6) is 0.230. The average molecular weight is 348 g/mol. The molecule has 0 N–H and O–H groups in total. The van der Waals surface area contributed by atoms with Crippen molar-refractivity contribution in [2.24, 2.45) is 0 Å². The van der Waals surface area contributed by atoms with Gasteiger partial charge in [-0.3, -0.25) is 0 Å². The maximum atomic E-state index is 13.0. The molecule has 1 saturated heterocycles. The van der Waals surface area contributed by atoms with E-state index in [0.29, 0.717) is 18.0 Å². The van der Waals surface area contributed by atoms with Gasteiger partial charge in [-0.15, -0.1) is 11.3 Å². The van der Waals surface area contributed by atoms with E-state index in [1.807, 2.05) is 17.5 Å². The van der Waals surface area contributed by atoms with Crippen molar-refractivity contribution >= 4 is 21.4 Å². The Balaban J connectivity index is 1.60. The first-order valence-electron chi connectivity index (χ1n) is 8.16. The number of aryl methyl sites for hydroxylation is 2. The molecule has 0 bridgehead atoms. The van der Waals surface area contributed by atoms with Crippen molar-refractivity contribution in [1.29, 1.82) is 0 Å². The van der Waals surface area contributed by atoms with Crippen molar-refractivity contribution in [1.82, 2.24) is 9.29 Å².